The molecule has 6 atom stereocenters. The SMILES string of the molecule is C[C@H](C(=O)NCC[NH+]1CCOCC1)[C@H]1CC[C@@]2(C)Cc3sc(Nc4ccccc4)nc3[C@@H](C)[C@@H]2[C@H]1O. The molecule has 0 bridgehead atoms. The summed E-state index contributed by atoms with van der Waals surface area (Å²) in [7, 11) is 0. The Balaban J connectivity index is 1.24. The van der Waals surface area contributed by atoms with Crippen LogP contribution in [0.5, 0.6) is 0 Å². The van der Waals surface area contributed by atoms with Crippen LogP contribution >= 0.6 is 11.3 Å². The lowest BCUT2D eigenvalue weighted by Gasteiger charge is -2.53. The molecule has 0 radical (unpaired) electrons. The van der Waals surface area contributed by atoms with Crippen LogP contribution in [-0.2, 0) is 16.0 Å². The molecular formula is C28H41N4O3S+. The number of nitrogens with one attached hydrogen (secondary N) is 3. The summed E-state index contributed by atoms with van der Waals surface area (Å²) < 4.78 is 5.42. The average Bonchev–Trinajstić information content (AvgIpc) is 3.26. The number of fused-ring (bicyclic) bond motifs is 2. The summed E-state index contributed by atoms with van der Waals surface area (Å²) in [6, 6.07) is 10.1. The van der Waals surface area contributed by atoms with E-state index in [9.17, 15) is 9.90 Å². The maximum absolute atomic E-state index is 13.1. The van der Waals surface area contributed by atoms with Crippen molar-refractivity contribution in [1.82, 2.24) is 10.3 Å². The van der Waals surface area contributed by atoms with Crippen molar-refractivity contribution in [3.63, 3.8) is 0 Å². The first-order valence-corrected chi connectivity index (χ1v) is 14.4. The fraction of sp³-hybridized carbons (Fsp3) is 0.643. The quantitative estimate of drug-likeness (QED) is 0.457. The lowest BCUT2D eigenvalue weighted by Crippen LogP contribution is -3.14. The average molecular weight is 514 g/mol. The van der Waals surface area contributed by atoms with Crippen molar-refractivity contribution in [3.8, 4) is 0 Å². The van der Waals surface area contributed by atoms with Crippen molar-refractivity contribution in [1.29, 1.82) is 0 Å². The zero-order valence-corrected chi connectivity index (χ0v) is 22.6. The van der Waals surface area contributed by atoms with Crippen LogP contribution in [0.25, 0.3) is 0 Å². The molecule has 1 aromatic carbocycles. The molecule has 4 N–H and O–H groups in total. The van der Waals surface area contributed by atoms with Crippen LogP contribution in [0.1, 0.15) is 50.1 Å². The van der Waals surface area contributed by atoms with Crippen LogP contribution in [0.15, 0.2) is 30.3 Å². The van der Waals surface area contributed by atoms with E-state index in [1.165, 1.54) is 9.78 Å². The molecule has 0 unspecified atom stereocenters. The number of thiazole rings is 1. The molecule has 2 aliphatic carbocycles. The standard InChI is InChI=1S/C28H40N4O3S/c1-18(26(34)29-11-12-32-13-15-35-16-14-32)21-9-10-28(3)17-22-24(19(2)23(28)25(21)33)31-27(36-22)30-20-7-5-4-6-8-20/h4-8,18-19,21,23,25,33H,9-17H2,1-3H3,(H,29,34)(H,30,31)/p+1/t18-,19-,21+,23+,25-,28-/m0/s1. The number of amides is 1. The summed E-state index contributed by atoms with van der Waals surface area (Å²) in [6.45, 7) is 11.8. The van der Waals surface area contributed by atoms with Gasteiger partial charge in [-0.15, -0.1) is 11.3 Å². The Morgan fingerprint density at radius 1 is 1.31 bits per heavy atom. The molecular weight excluding hydrogens is 472 g/mol. The van der Waals surface area contributed by atoms with Crippen LogP contribution in [-0.4, -0.2) is 61.5 Å². The molecule has 196 valence electrons. The van der Waals surface area contributed by atoms with Gasteiger partial charge < -0.3 is 25.4 Å². The second-order valence-corrected chi connectivity index (χ2v) is 12.4. The van der Waals surface area contributed by atoms with Crippen LogP contribution in [0.2, 0.25) is 0 Å². The Morgan fingerprint density at radius 3 is 2.81 bits per heavy atom. The first kappa shape index (κ1) is 25.6. The van der Waals surface area contributed by atoms with Crippen LogP contribution in [0, 0.1) is 23.2 Å². The normalized spacial score (nSPS) is 31.2. The van der Waals surface area contributed by atoms with Gasteiger partial charge in [0.15, 0.2) is 5.13 Å². The van der Waals surface area contributed by atoms with Gasteiger partial charge in [0.05, 0.1) is 38.1 Å². The molecule has 2 heterocycles. The van der Waals surface area contributed by atoms with E-state index in [4.69, 9.17) is 9.72 Å². The number of aliphatic hydroxyl groups is 1. The Kier molecular flexibility index (Phi) is 7.67. The first-order chi connectivity index (χ1) is 17.4. The summed E-state index contributed by atoms with van der Waals surface area (Å²) >= 11 is 1.74. The van der Waals surface area contributed by atoms with Gasteiger partial charge in [-0.3, -0.25) is 4.79 Å². The van der Waals surface area contributed by atoms with Crippen molar-refractivity contribution >= 4 is 28.1 Å². The highest BCUT2D eigenvalue weighted by Gasteiger charge is 2.53. The molecule has 3 aliphatic rings. The molecule has 8 heteroatoms. The number of aliphatic hydroxyl groups excluding tert-OH is 1. The van der Waals surface area contributed by atoms with E-state index in [1.807, 2.05) is 37.3 Å². The number of quaternary nitrogens is 1. The molecule has 5 rings (SSSR count). The van der Waals surface area contributed by atoms with Gasteiger partial charge in [0.25, 0.3) is 0 Å². The predicted molar refractivity (Wildman–Crippen MR) is 143 cm³/mol. The summed E-state index contributed by atoms with van der Waals surface area (Å²) in [5.74, 6) is 0.0946. The Morgan fingerprint density at radius 2 is 2.06 bits per heavy atom. The van der Waals surface area contributed by atoms with Crippen molar-refractivity contribution in [3.05, 3.63) is 40.9 Å². The molecule has 0 spiro atoms. The summed E-state index contributed by atoms with van der Waals surface area (Å²) in [4.78, 5) is 20.9. The Bertz CT molecular complexity index is 1040. The molecule has 1 saturated carbocycles. The first-order valence-electron chi connectivity index (χ1n) is 13.5. The van der Waals surface area contributed by atoms with Gasteiger partial charge in [-0.2, -0.15) is 0 Å². The number of ether oxygens (including phenoxy) is 1. The maximum atomic E-state index is 13.1. The minimum Gasteiger partial charge on any atom is -0.392 e. The largest absolute Gasteiger partial charge is 0.392 e. The lowest BCUT2D eigenvalue weighted by atomic mass is 9.53. The van der Waals surface area contributed by atoms with Gasteiger partial charge in [0.2, 0.25) is 5.91 Å². The highest BCUT2D eigenvalue weighted by Crippen LogP contribution is 2.57. The van der Waals surface area contributed by atoms with Gasteiger partial charge in [0.1, 0.15) is 13.1 Å². The van der Waals surface area contributed by atoms with Gasteiger partial charge in [0, 0.05) is 22.4 Å². The van der Waals surface area contributed by atoms with Crippen LogP contribution in [0.3, 0.4) is 0 Å². The zero-order chi connectivity index (χ0) is 25.3. The number of para-hydroxylation sites is 1. The number of hydrogen-bond acceptors (Lipinski definition) is 6. The third-order valence-electron chi connectivity index (χ3n) is 8.98. The number of morpholine rings is 1. The number of benzene rings is 1. The molecule has 1 amide bonds. The highest BCUT2D eigenvalue weighted by atomic mass is 32.1. The smallest absolute Gasteiger partial charge is 0.223 e. The van der Waals surface area contributed by atoms with Gasteiger partial charge in [-0.05, 0) is 48.6 Å². The third-order valence-corrected chi connectivity index (χ3v) is 9.97. The Hall–Kier alpha value is -2.00. The third kappa shape index (κ3) is 5.19. The monoisotopic (exact) mass is 513 g/mol. The van der Waals surface area contributed by atoms with Gasteiger partial charge in [-0.1, -0.05) is 39.0 Å². The summed E-state index contributed by atoms with van der Waals surface area (Å²) in [5.41, 5.74) is 2.18. The summed E-state index contributed by atoms with van der Waals surface area (Å²) in [6.07, 6.45) is 2.34. The number of hydrogen-bond donors (Lipinski definition) is 4. The fourth-order valence-corrected chi connectivity index (χ4v) is 8.16. The number of carbonyl (C=O) groups excluding carboxylic acids is 1. The molecule has 36 heavy (non-hydrogen) atoms. The number of nitrogens with zero attached hydrogens (tertiary/aromatic N) is 1. The van der Waals surface area contributed by atoms with Crippen LogP contribution in [0.4, 0.5) is 10.8 Å². The Labute approximate surface area is 218 Å². The van der Waals surface area contributed by atoms with Crippen molar-refractivity contribution < 1.29 is 19.5 Å². The maximum Gasteiger partial charge on any atom is 0.223 e. The molecule has 1 aromatic heterocycles. The van der Waals surface area contributed by atoms with Crippen LogP contribution < -0.4 is 15.5 Å². The zero-order valence-electron chi connectivity index (χ0n) is 21.8. The molecule has 1 saturated heterocycles. The molecule has 2 fully saturated rings. The number of aromatic nitrogens is 1. The second kappa shape index (κ2) is 10.8. The van der Waals surface area contributed by atoms with E-state index in [-0.39, 0.29) is 35.0 Å². The van der Waals surface area contributed by atoms with Crippen molar-refractivity contribution in [2.75, 3.05) is 44.7 Å². The van der Waals surface area contributed by atoms with Crippen molar-refractivity contribution in [2.24, 2.45) is 23.2 Å². The van der Waals surface area contributed by atoms with Gasteiger partial charge >= 0.3 is 0 Å². The lowest BCUT2D eigenvalue weighted by molar-refractivity contribution is -0.906. The minimum absolute atomic E-state index is 0.0226. The molecule has 2 aromatic rings. The van der Waals surface area contributed by atoms with Gasteiger partial charge in [-0.25, -0.2) is 4.98 Å². The number of anilines is 2. The topological polar surface area (TPSA) is 87.9 Å². The van der Waals surface area contributed by atoms with Crippen molar-refractivity contribution in [2.45, 2.75) is 52.1 Å². The molecule has 7 nitrogen and oxygen atoms in total. The van der Waals surface area contributed by atoms with E-state index in [0.29, 0.717) is 6.54 Å². The molecule has 1 aliphatic heterocycles. The van der Waals surface area contributed by atoms with E-state index >= 15 is 0 Å². The minimum atomic E-state index is -0.509. The predicted octanol–water partition coefficient (Wildman–Crippen LogP) is 2.61. The number of rotatable bonds is 7. The second-order valence-electron chi connectivity index (χ2n) is 11.3. The van der Waals surface area contributed by atoms with E-state index in [0.717, 1.165) is 68.6 Å². The van der Waals surface area contributed by atoms with E-state index < -0.39 is 6.10 Å². The number of carbonyl (C=O) groups is 1. The highest BCUT2D eigenvalue weighted by molar-refractivity contribution is 7.15. The fourth-order valence-electron chi connectivity index (χ4n) is 6.87. The van der Waals surface area contributed by atoms with E-state index in [2.05, 4.69) is 24.5 Å². The van der Waals surface area contributed by atoms with E-state index in [1.54, 1.807) is 11.3 Å². The summed E-state index contributed by atoms with van der Waals surface area (Å²) in [5, 5.41) is 19.2.